The van der Waals surface area contributed by atoms with Gasteiger partial charge < -0.3 is 30.2 Å². The van der Waals surface area contributed by atoms with E-state index in [0.29, 0.717) is 5.69 Å². The number of aromatic carboxylic acids is 2. The van der Waals surface area contributed by atoms with E-state index in [1.54, 1.807) is 24.3 Å². The van der Waals surface area contributed by atoms with Crippen molar-refractivity contribution in [1.82, 2.24) is 9.97 Å². The first-order valence-corrected chi connectivity index (χ1v) is 8.09. The average molecular weight is 459 g/mol. The number of benzene rings is 1. The number of phenols is 1. The van der Waals surface area contributed by atoms with E-state index in [1.165, 1.54) is 56.0 Å². The predicted octanol–water partition coefficient (Wildman–Crippen LogP) is 0.238. The van der Waals surface area contributed by atoms with Crippen molar-refractivity contribution in [2.24, 2.45) is 0 Å². The molecule has 2 heterocycles. The SMILES string of the molecule is CC(=O)Nc1ccc(O)cc1.O=C([O-])c1cccnc1.O=C([O-])c1cccnc1.[Cu+2]. The van der Waals surface area contributed by atoms with Gasteiger partial charge in [0.25, 0.3) is 0 Å². The second kappa shape index (κ2) is 14.3. The van der Waals surface area contributed by atoms with Gasteiger partial charge in [0.15, 0.2) is 0 Å². The molecule has 0 aliphatic rings. The van der Waals surface area contributed by atoms with E-state index < -0.39 is 11.9 Å². The molecule has 9 nitrogen and oxygen atoms in total. The fourth-order valence-corrected chi connectivity index (χ4v) is 1.72. The normalized spacial score (nSPS) is 8.70. The molecule has 3 aromatic rings. The number of hydrogen-bond donors (Lipinski definition) is 2. The average Bonchev–Trinajstić information content (AvgIpc) is 2.72. The number of pyridine rings is 2. The van der Waals surface area contributed by atoms with Crippen molar-refractivity contribution in [2.75, 3.05) is 5.32 Å². The van der Waals surface area contributed by atoms with Gasteiger partial charge in [0.05, 0.1) is 11.9 Å². The molecule has 0 bridgehead atoms. The zero-order valence-electron chi connectivity index (χ0n) is 15.6. The number of aromatic hydroxyl groups is 1. The maximum absolute atomic E-state index is 10.5. The fraction of sp³-hybridized carbons (Fsp3) is 0.0500. The Hall–Kier alpha value is -3.75. The van der Waals surface area contributed by atoms with E-state index in [0.717, 1.165) is 0 Å². The summed E-state index contributed by atoms with van der Waals surface area (Å²) in [6.45, 7) is 1.44. The molecule has 0 fully saturated rings. The largest absolute Gasteiger partial charge is 2.00 e. The fourth-order valence-electron chi connectivity index (χ4n) is 1.72. The van der Waals surface area contributed by atoms with Crippen LogP contribution >= 0.6 is 0 Å². The van der Waals surface area contributed by atoms with Crippen LogP contribution in [0.3, 0.4) is 0 Å². The second-order valence-corrected chi connectivity index (χ2v) is 5.29. The van der Waals surface area contributed by atoms with Crippen molar-refractivity contribution >= 4 is 23.5 Å². The zero-order chi connectivity index (χ0) is 21.6. The van der Waals surface area contributed by atoms with E-state index in [-0.39, 0.29) is 39.9 Å². The molecule has 3 rings (SSSR count). The van der Waals surface area contributed by atoms with E-state index in [2.05, 4.69) is 15.3 Å². The Bertz CT molecular complexity index is 873. The van der Waals surface area contributed by atoms with Crippen LogP contribution in [0.5, 0.6) is 5.75 Å². The molecule has 0 saturated heterocycles. The zero-order valence-corrected chi connectivity index (χ0v) is 16.6. The molecule has 1 aromatic carbocycles. The van der Waals surface area contributed by atoms with Gasteiger partial charge in [-0.2, -0.15) is 0 Å². The standard InChI is InChI=1S/C8H9NO2.2C6H5NO2.Cu/c1-6(10)9-7-2-4-8(11)5-3-7;2*8-6(9)5-2-1-3-7-4-5;/h2-5,11H,1H3,(H,9,10);2*1-4H,(H,8,9);/q;;;+2/p-2. The Kier molecular flexibility index (Phi) is 12.5. The van der Waals surface area contributed by atoms with Crippen LogP contribution in [0.4, 0.5) is 5.69 Å². The smallest absolute Gasteiger partial charge is 0.545 e. The molecular formula is C20H17CuN3O6. The summed E-state index contributed by atoms with van der Waals surface area (Å²) in [6, 6.07) is 12.3. The molecule has 0 spiro atoms. The van der Waals surface area contributed by atoms with E-state index >= 15 is 0 Å². The van der Waals surface area contributed by atoms with Crippen LogP contribution in [0.1, 0.15) is 27.6 Å². The van der Waals surface area contributed by atoms with E-state index in [9.17, 15) is 24.6 Å². The van der Waals surface area contributed by atoms with Gasteiger partial charge in [0.1, 0.15) is 5.75 Å². The van der Waals surface area contributed by atoms with Gasteiger partial charge in [-0.3, -0.25) is 14.8 Å². The number of carbonyl (C=O) groups is 3. The van der Waals surface area contributed by atoms with Gasteiger partial charge in [-0.1, -0.05) is 12.1 Å². The number of nitrogens with one attached hydrogen (secondary N) is 1. The Balaban J connectivity index is 0.000000416. The first-order valence-electron chi connectivity index (χ1n) is 8.09. The van der Waals surface area contributed by atoms with Crippen LogP contribution in [0.15, 0.2) is 73.3 Å². The van der Waals surface area contributed by atoms with Crippen molar-refractivity contribution in [3.8, 4) is 5.75 Å². The van der Waals surface area contributed by atoms with Gasteiger partial charge in [0.2, 0.25) is 5.91 Å². The summed E-state index contributed by atoms with van der Waals surface area (Å²) in [4.78, 5) is 37.8. The van der Waals surface area contributed by atoms with Crippen LogP contribution in [-0.4, -0.2) is 32.9 Å². The first kappa shape index (κ1) is 26.2. The van der Waals surface area contributed by atoms with Crippen LogP contribution in [-0.2, 0) is 21.9 Å². The molecule has 2 N–H and O–H groups in total. The predicted molar refractivity (Wildman–Crippen MR) is 99.5 cm³/mol. The minimum atomic E-state index is -1.19. The third-order valence-corrected chi connectivity index (χ3v) is 2.98. The number of carbonyl (C=O) groups excluding carboxylic acids is 3. The van der Waals surface area contributed by atoms with Crippen molar-refractivity contribution in [3.05, 3.63) is 84.4 Å². The number of anilines is 1. The maximum Gasteiger partial charge on any atom is 2.00 e. The molecule has 0 atom stereocenters. The minimum absolute atomic E-state index is 0. The van der Waals surface area contributed by atoms with Crippen molar-refractivity contribution in [1.29, 1.82) is 0 Å². The van der Waals surface area contributed by atoms with Gasteiger partial charge in [-0.05, 0) is 36.4 Å². The topological polar surface area (TPSA) is 155 Å². The van der Waals surface area contributed by atoms with Gasteiger partial charge in [0, 0.05) is 48.5 Å². The summed E-state index contributed by atoms with van der Waals surface area (Å²) < 4.78 is 0. The Morgan fingerprint density at radius 2 is 1.27 bits per heavy atom. The number of carboxylic acid groups (broad SMARTS) is 2. The molecule has 1 amide bonds. The molecule has 0 unspecified atom stereocenters. The summed E-state index contributed by atoms with van der Waals surface area (Å²) >= 11 is 0. The monoisotopic (exact) mass is 458 g/mol. The Morgan fingerprint density at radius 3 is 1.53 bits per heavy atom. The summed E-state index contributed by atoms with van der Waals surface area (Å²) in [5.41, 5.74) is 0.908. The number of hydrogen-bond acceptors (Lipinski definition) is 8. The first-order chi connectivity index (χ1) is 13.8. The quantitative estimate of drug-likeness (QED) is 0.417. The molecule has 30 heavy (non-hydrogen) atoms. The molecule has 2 aromatic heterocycles. The van der Waals surface area contributed by atoms with Crippen LogP contribution in [0.25, 0.3) is 0 Å². The summed E-state index contributed by atoms with van der Waals surface area (Å²) in [6.07, 6.45) is 5.50. The van der Waals surface area contributed by atoms with E-state index in [4.69, 9.17) is 5.11 Å². The molecule has 159 valence electrons. The molecule has 1 radical (unpaired) electrons. The van der Waals surface area contributed by atoms with Crippen LogP contribution in [0.2, 0.25) is 0 Å². The molecular weight excluding hydrogens is 442 g/mol. The van der Waals surface area contributed by atoms with Gasteiger partial charge >= 0.3 is 17.1 Å². The minimum Gasteiger partial charge on any atom is -0.545 e. The molecule has 0 aliphatic carbocycles. The summed E-state index contributed by atoms with van der Waals surface area (Å²) in [7, 11) is 0. The second-order valence-electron chi connectivity index (χ2n) is 5.29. The van der Waals surface area contributed by atoms with Gasteiger partial charge in [-0.25, -0.2) is 0 Å². The third kappa shape index (κ3) is 11.2. The molecule has 0 saturated carbocycles. The number of rotatable bonds is 3. The van der Waals surface area contributed by atoms with Crippen molar-refractivity contribution < 1.29 is 46.8 Å². The van der Waals surface area contributed by atoms with E-state index in [1.807, 2.05) is 0 Å². The number of phenolic OH excluding ortho intramolecular Hbond substituents is 1. The summed E-state index contributed by atoms with van der Waals surface area (Å²) in [5, 5.41) is 31.6. The number of amides is 1. The van der Waals surface area contributed by atoms with Crippen LogP contribution in [0, 0.1) is 0 Å². The Morgan fingerprint density at radius 1 is 0.833 bits per heavy atom. The van der Waals surface area contributed by atoms with Crippen molar-refractivity contribution in [2.45, 2.75) is 6.92 Å². The Labute approximate surface area is 182 Å². The number of nitrogens with zero attached hydrogens (tertiary/aromatic N) is 2. The van der Waals surface area contributed by atoms with Crippen molar-refractivity contribution in [3.63, 3.8) is 0 Å². The third-order valence-electron chi connectivity index (χ3n) is 2.98. The molecule has 10 heteroatoms. The number of carboxylic acids is 2. The number of aromatic nitrogens is 2. The molecule has 0 aliphatic heterocycles. The summed E-state index contributed by atoms with van der Waals surface area (Å²) in [5.74, 6) is -2.30. The van der Waals surface area contributed by atoms with Crippen LogP contribution < -0.4 is 15.5 Å². The maximum atomic E-state index is 10.5. The van der Waals surface area contributed by atoms with Gasteiger partial charge in [-0.15, -0.1) is 0 Å².